The van der Waals surface area contributed by atoms with E-state index in [1.54, 1.807) is 18.2 Å². The van der Waals surface area contributed by atoms with Gasteiger partial charge in [0.2, 0.25) is 11.8 Å². The van der Waals surface area contributed by atoms with Crippen molar-refractivity contribution < 1.29 is 19.4 Å². The van der Waals surface area contributed by atoms with Crippen LogP contribution in [0.15, 0.2) is 18.2 Å². The van der Waals surface area contributed by atoms with Crippen LogP contribution in [-0.4, -0.2) is 35.1 Å². The molecule has 1 aliphatic rings. The van der Waals surface area contributed by atoms with E-state index in [0.717, 1.165) is 12.8 Å². The molecule has 0 aromatic carbocycles. The van der Waals surface area contributed by atoms with Gasteiger partial charge in [-0.25, -0.2) is 4.98 Å². The van der Waals surface area contributed by atoms with Crippen LogP contribution in [0.2, 0.25) is 0 Å². The predicted octanol–water partition coefficient (Wildman–Crippen LogP) is 1.00. The van der Waals surface area contributed by atoms with Gasteiger partial charge in [-0.2, -0.15) is 0 Å². The van der Waals surface area contributed by atoms with Gasteiger partial charge >= 0.3 is 5.97 Å². The van der Waals surface area contributed by atoms with Gasteiger partial charge in [0.1, 0.15) is 5.41 Å². The van der Waals surface area contributed by atoms with Gasteiger partial charge in [-0.3, -0.25) is 9.59 Å². The second kappa shape index (κ2) is 5.48. The second-order valence-electron chi connectivity index (χ2n) is 5.23. The molecule has 1 atom stereocenters. The molecule has 0 bridgehead atoms. The maximum absolute atomic E-state index is 12.2. The lowest BCUT2D eigenvalue weighted by atomic mass is 9.84. The third-order valence-electron chi connectivity index (χ3n) is 3.41. The minimum absolute atomic E-state index is 0.0259. The van der Waals surface area contributed by atoms with Crippen molar-refractivity contribution in [1.82, 2.24) is 10.3 Å². The van der Waals surface area contributed by atoms with Crippen LogP contribution in [0.5, 0.6) is 5.88 Å². The average molecular weight is 278 g/mol. The summed E-state index contributed by atoms with van der Waals surface area (Å²) in [5, 5.41) is 12.2. The van der Waals surface area contributed by atoms with Crippen molar-refractivity contribution >= 4 is 11.9 Å². The van der Waals surface area contributed by atoms with E-state index in [4.69, 9.17) is 4.74 Å². The fourth-order valence-electron chi connectivity index (χ4n) is 1.86. The van der Waals surface area contributed by atoms with E-state index in [1.807, 2.05) is 0 Å². The van der Waals surface area contributed by atoms with Crippen molar-refractivity contribution in [2.75, 3.05) is 7.11 Å². The highest BCUT2D eigenvalue weighted by molar-refractivity contribution is 6.01. The van der Waals surface area contributed by atoms with E-state index in [2.05, 4.69) is 10.3 Å². The number of hydrogen-bond donors (Lipinski definition) is 2. The zero-order valence-electron chi connectivity index (χ0n) is 11.5. The van der Waals surface area contributed by atoms with Gasteiger partial charge in [-0.1, -0.05) is 6.07 Å². The lowest BCUT2D eigenvalue weighted by molar-refractivity contribution is -0.154. The van der Waals surface area contributed by atoms with Gasteiger partial charge in [0.05, 0.1) is 7.11 Å². The number of ether oxygens (including phenoxy) is 1. The summed E-state index contributed by atoms with van der Waals surface area (Å²) in [6.45, 7) is 1.42. The van der Waals surface area contributed by atoms with Crippen LogP contribution >= 0.6 is 0 Å². The molecule has 1 unspecified atom stereocenters. The summed E-state index contributed by atoms with van der Waals surface area (Å²) >= 11 is 0. The molecule has 2 rings (SSSR count). The standard InChI is InChI=1S/C14H18N2O4/c1-14(13(18)19,12(17)16-9-6-7-9)8-10-4-3-5-11(15-10)20-2/h3-5,9H,6-8H2,1-2H3,(H,16,17)(H,18,19). The van der Waals surface area contributed by atoms with E-state index in [9.17, 15) is 14.7 Å². The number of aromatic nitrogens is 1. The Balaban J connectivity index is 2.18. The molecule has 1 saturated carbocycles. The maximum Gasteiger partial charge on any atom is 0.319 e. The minimum Gasteiger partial charge on any atom is -0.481 e. The molecule has 1 aromatic heterocycles. The molecule has 1 amide bonds. The molecule has 6 nitrogen and oxygen atoms in total. The third kappa shape index (κ3) is 3.07. The van der Waals surface area contributed by atoms with Crippen LogP contribution in [0.1, 0.15) is 25.5 Å². The van der Waals surface area contributed by atoms with Crippen molar-refractivity contribution in [2.45, 2.75) is 32.2 Å². The van der Waals surface area contributed by atoms with Crippen LogP contribution in [-0.2, 0) is 16.0 Å². The molecule has 108 valence electrons. The number of nitrogens with zero attached hydrogens (tertiary/aromatic N) is 1. The van der Waals surface area contributed by atoms with E-state index in [0.29, 0.717) is 11.6 Å². The first-order valence-corrected chi connectivity index (χ1v) is 6.50. The quantitative estimate of drug-likeness (QED) is 0.758. The van der Waals surface area contributed by atoms with E-state index in [1.165, 1.54) is 14.0 Å². The minimum atomic E-state index is -1.53. The largest absolute Gasteiger partial charge is 0.481 e. The van der Waals surface area contributed by atoms with Gasteiger partial charge in [0.25, 0.3) is 0 Å². The molecule has 0 saturated heterocycles. The molecule has 20 heavy (non-hydrogen) atoms. The normalized spacial score (nSPS) is 17.1. The van der Waals surface area contributed by atoms with E-state index < -0.39 is 17.3 Å². The van der Waals surface area contributed by atoms with Crippen LogP contribution in [0.4, 0.5) is 0 Å². The molecule has 0 aliphatic heterocycles. The molecular formula is C14H18N2O4. The highest BCUT2D eigenvalue weighted by atomic mass is 16.5. The van der Waals surface area contributed by atoms with Crippen LogP contribution in [0.25, 0.3) is 0 Å². The number of pyridine rings is 1. The fraction of sp³-hybridized carbons (Fsp3) is 0.500. The highest BCUT2D eigenvalue weighted by Gasteiger charge is 2.43. The Morgan fingerprint density at radius 3 is 2.75 bits per heavy atom. The Labute approximate surface area is 117 Å². The Kier molecular flexibility index (Phi) is 3.92. The van der Waals surface area contributed by atoms with E-state index in [-0.39, 0.29) is 12.5 Å². The van der Waals surface area contributed by atoms with Crippen molar-refractivity contribution in [2.24, 2.45) is 5.41 Å². The van der Waals surface area contributed by atoms with Gasteiger partial charge in [0, 0.05) is 24.2 Å². The number of rotatable bonds is 6. The number of amides is 1. The number of carboxylic acid groups (broad SMARTS) is 1. The van der Waals surface area contributed by atoms with Gasteiger partial charge < -0.3 is 15.2 Å². The summed E-state index contributed by atoms with van der Waals surface area (Å²) < 4.78 is 5.01. The van der Waals surface area contributed by atoms with Crippen LogP contribution < -0.4 is 10.1 Å². The molecule has 6 heteroatoms. The molecule has 0 spiro atoms. The highest BCUT2D eigenvalue weighted by Crippen LogP contribution is 2.27. The molecular weight excluding hydrogens is 260 g/mol. The number of hydrogen-bond acceptors (Lipinski definition) is 4. The molecule has 1 aliphatic carbocycles. The molecule has 1 heterocycles. The van der Waals surface area contributed by atoms with Crippen molar-refractivity contribution in [1.29, 1.82) is 0 Å². The Morgan fingerprint density at radius 2 is 2.20 bits per heavy atom. The first kappa shape index (κ1) is 14.3. The molecule has 0 radical (unpaired) electrons. The van der Waals surface area contributed by atoms with Crippen molar-refractivity contribution in [3.8, 4) is 5.88 Å². The van der Waals surface area contributed by atoms with Gasteiger partial charge in [-0.05, 0) is 25.8 Å². The lowest BCUT2D eigenvalue weighted by Gasteiger charge is -2.23. The van der Waals surface area contributed by atoms with Crippen molar-refractivity contribution in [3.05, 3.63) is 23.9 Å². The zero-order chi connectivity index (χ0) is 14.8. The smallest absolute Gasteiger partial charge is 0.319 e. The number of nitrogens with one attached hydrogen (secondary N) is 1. The summed E-state index contributed by atoms with van der Waals surface area (Å²) in [5.41, 5.74) is -1.01. The molecule has 1 aromatic rings. The summed E-state index contributed by atoms with van der Waals surface area (Å²) in [6.07, 6.45) is 1.86. The van der Waals surface area contributed by atoms with Gasteiger partial charge in [-0.15, -0.1) is 0 Å². The number of carbonyl (C=O) groups excluding carboxylic acids is 1. The first-order valence-electron chi connectivity index (χ1n) is 6.50. The number of methoxy groups -OCH3 is 1. The maximum atomic E-state index is 12.2. The number of aliphatic carboxylic acids is 1. The van der Waals surface area contributed by atoms with Crippen molar-refractivity contribution in [3.63, 3.8) is 0 Å². The summed E-state index contributed by atoms with van der Waals surface area (Å²) in [6, 6.07) is 5.21. The monoisotopic (exact) mass is 278 g/mol. The Morgan fingerprint density at radius 1 is 1.50 bits per heavy atom. The summed E-state index contributed by atoms with van der Waals surface area (Å²) in [4.78, 5) is 27.8. The van der Waals surface area contributed by atoms with Gasteiger partial charge in [0.15, 0.2) is 0 Å². The number of carbonyl (C=O) groups is 2. The third-order valence-corrected chi connectivity index (χ3v) is 3.41. The Hall–Kier alpha value is -2.11. The Bertz CT molecular complexity index is 528. The SMILES string of the molecule is COc1cccc(CC(C)(C(=O)O)C(=O)NC2CC2)n1. The average Bonchev–Trinajstić information content (AvgIpc) is 3.22. The predicted molar refractivity (Wildman–Crippen MR) is 71.4 cm³/mol. The summed E-state index contributed by atoms with van der Waals surface area (Å²) in [7, 11) is 1.49. The molecule has 2 N–H and O–H groups in total. The summed E-state index contributed by atoms with van der Waals surface area (Å²) in [5.74, 6) is -1.21. The first-order chi connectivity index (χ1) is 9.45. The topological polar surface area (TPSA) is 88.5 Å². The van der Waals surface area contributed by atoms with E-state index >= 15 is 0 Å². The number of carboxylic acids is 1. The van der Waals surface area contributed by atoms with Crippen LogP contribution in [0.3, 0.4) is 0 Å². The fourth-order valence-corrected chi connectivity index (χ4v) is 1.86. The lowest BCUT2D eigenvalue weighted by Crippen LogP contribution is -2.46. The molecule has 1 fully saturated rings. The second-order valence-corrected chi connectivity index (χ2v) is 5.23. The zero-order valence-corrected chi connectivity index (χ0v) is 11.5. The van der Waals surface area contributed by atoms with Crippen LogP contribution in [0, 0.1) is 5.41 Å².